The predicted octanol–water partition coefficient (Wildman–Crippen LogP) is 2.93. The van der Waals surface area contributed by atoms with Gasteiger partial charge in [0.2, 0.25) is 0 Å². The molecule has 3 rings (SSSR count). The lowest BCUT2D eigenvalue weighted by molar-refractivity contribution is 0.0641. The highest BCUT2D eigenvalue weighted by atomic mass is 19.1. The van der Waals surface area contributed by atoms with E-state index in [0.29, 0.717) is 22.3 Å². The summed E-state index contributed by atoms with van der Waals surface area (Å²) in [6.45, 7) is 1.61. The summed E-state index contributed by atoms with van der Waals surface area (Å²) in [6, 6.07) is 11.6. The average Bonchev–Trinajstić information content (AvgIpc) is 2.69. The van der Waals surface area contributed by atoms with Crippen molar-refractivity contribution in [2.45, 2.75) is 13.5 Å². The Bertz CT molecular complexity index is 689. The van der Waals surface area contributed by atoms with E-state index in [9.17, 15) is 14.0 Å². The minimum absolute atomic E-state index is 0.0418. The highest BCUT2D eigenvalue weighted by Gasteiger charge is 2.35. The van der Waals surface area contributed by atoms with Crippen molar-refractivity contribution >= 4 is 11.8 Å². The van der Waals surface area contributed by atoms with Gasteiger partial charge in [-0.1, -0.05) is 30.3 Å². The molecule has 0 unspecified atom stereocenters. The smallest absolute Gasteiger partial charge is 0.261 e. The van der Waals surface area contributed by atoms with E-state index in [4.69, 9.17) is 0 Å². The van der Waals surface area contributed by atoms with Crippen LogP contribution in [0.15, 0.2) is 42.5 Å². The molecular weight excluding hydrogens is 257 g/mol. The SMILES string of the molecule is Cc1cccc(CN2C(=O)c3ccccc3C2=O)c1F. The molecule has 2 aromatic carbocycles. The second-order valence-corrected chi connectivity index (χ2v) is 4.79. The number of hydrogen-bond acceptors (Lipinski definition) is 2. The molecule has 0 aliphatic carbocycles. The number of imide groups is 1. The third kappa shape index (κ3) is 1.81. The van der Waals surface area contributed by atoms with Crippen LogP contribution >= 0.6 is 0 Å². The summed E-state index contributed by atoms with van der Waals surface area (Å²) in [5.41, 5.74) is 1.61. The number of rotatable bonds is 2. The Balaban J connectivity index is 1.96. The molecule has 1 heterocycles. The number of nitrogens with zero attached hydrogens (tertiary/aromatic N) is 1. The molecule has 0 N–H and O–H groups in total. The molecule has 0 fully saturated rings. The number of benzene rings is 2. The zero-order chi connectivity index (χ0) is 14.3. The maximum Gasteiger partial charge on any atom is 0.261 e. The summed E-state index contributed by atoms with van der Waals surface area (Å²) >= 11 is 0. The number of fused-ring (bicyclic) bond motifs is 1. The summed E-state index contributed by atoms with van der Waals surface area (Å²) in [5, 5.41) is 0. The van der Waals surface area contributed by atoms with E-state index in [1.54, 1.807) is 49.4 Å². The lowest BCUT2D eigenvalue weighted by Gasteiger charge is -2.15. The Hall–Kier alpha value is -2.49. The van der Waals surface area contributed by atoms with Crippen molar-refractivity contribution in [3.8, 4) is 0 Å². The van der Waals surface area contributed by atoms with Gasteiger partial charge in [0.25, 0.3) is 11.8 Å². The molecule has 0 spiro atoms. The van der Waals surface area contributed by atoms with Crippen molar-refractivity contribution in [1.82, 2.24) is 4.90 Å². The third-order valence-electron chi connectivity index (χ3n) is 3.48. The molecule has 20 heavy (non-hydrogen) atoms. The summed E-state index contributed by atoms with van der Waals surface area (Å²) in [5.74, 6) is -1.11. The molecule has 0 saturated carbocycles. The highest BCUT2D eigenvalue weighted by molar-refractivity contribution is 6.21. The molecular formula is C16H12FNO2. The molecule has 3 nitrogen and oxygen atoms in total. The predicted molar refractivity (Wildman–Crippen MR) is 71.8 cm³/mol. The van der Waals surface area contributed by atoms with Gasteiger partial charge in [0.05, 0.1) is 17.7 Å². The van der Waals surface area contributed by atoms with Crippen molar-refractivity contribution in [3.63, 3.8) is 0 Å². The molecule has 1 aliphatic heterocycles. The number of carbonyl (C=O) groups is 2. The van der Waals surface area contributed by atoms with E-state index in [2.05, 4.69) is 0 Å². The van der Waals surface area contributed by atoms with E-state index in [1.807, 2.05) is 0 Å². The van der Waals surface area contributed by atoms with Crippen molar-refractivity contribution in [2.75, 3.05) is 0 Å². The standard InChI is InChI=1S/C16H12FNO2/c1-10-5-4-6-11(14(10)17)9-18-15(19)12-7-2-3-8-13(12)16(18)20/h2-8H,9H2,1H3. The average molecular weight is 269 g/mol. The van der Waals surface area contributed by atoms with E-state index >= 15 is 0 Å². The molecule has 100 valence electrons. The zero-order valence-corrected chi connectivity index (χ0v) is 10.9. The normalized spacial score (nSPS) is 13.8. The van der Waals surface area contributed by atoms with Crippen LogP contribution in [0.3, 0.4) is 0 Å². The number of aryl methyl sites for hydroxylation is 1. The van der Waals surface area contributed by atoms with Gasteiger partial charge in [-0.05, 0) is 24.6 Å². The van der Waals surface area contributed by atoms with Gasteiger partial charge in [0.15, 0.2) is 0 Å². The van der Waals surface area contributed by atoms with Crippen LogP contribution in [0.2, 0.25) is 0 Å². The molecule has 0 atom stereocenters. The molecule has 2 amide bonds. The van der Waals surface area contributed by atoms with Crippen LogP contribution in [0.4, 0.5) is 4.39 Å². The van der Waals surface area contributed by atoms with Crippen LogP contribution in [0.1, 0.15) is 31.8 Å². The number of carbonyl (C=O) groups excluding carboxylic acids is 2. The molecule has 4 heteroatoms. The van der Waals surface area contributed by atoms with Crippen LogP contribution in [0.5, 0.6) is 0 Å². The van der Waals surface area contributed by atoms with Gasteiger partial charge in [-0.25, -0.2) is 4.39 Å². The summed E-state index contributed by atoms with van der Waals surface area (Å²) in [7, 11) is 0. The fourth-order valence-corrected chi connectivity index (χ4v) is 2.38. The summed E-state index contributed by atoms with van der Waals surface area (Å²) < 4.78 is 14.0. The summed E-state index contributed by atoms with van der Waals surface area (Å²) in [6.07, 6.45) is 0. The second kappa shape index (κ2) is 4.56. The van der Waals surface area contributed by atoms with E-state index in [1.165, 1.54) is 0 Å². The maximum atomic E-state index is 14.0. The Labute approximate surface area is 115 Å². The van der Waals surface area contributed by atoms with Crippen molar-refractivity contribution in [2.24, 2.45) is 0 Å². The van der Waals surface area contributed by atoms with Crippen molar-refractivity contribution in [1.29, 1.82) is 0 Å². The fourth-order valence-electron chi connectivity index (χ4n) is 2.38. The van der Waals surface area contributed by atoms with Gasteiger partial charge in [0, 0.05) is 5.56 Å². The minimum atomic E-state index is -0.371. The largest absolute Gasteiger partial charge is 0.270 e. The first-order valence-electron chi connectivity index (χ1n) is 6.29. The Morgan fingerprint density at radius 2 is 1.55 bits per heavy atom. The van der Waals surface area contributed by atoms with E-state index in [-0.39, 0.29) is 24.2 Å². The molecule has 0 bridgehead atoms. The first kappa shape index (κ1) is 12.5. The van der Waals surface area contributed by atoms with Gasteiger partial charge < -0.3 is 0 Å². The molecule has 2 aromatic rings. The van der Waals surface area contributed by atoms with Crippen LogP contribution in [0, 0.1) is 12.7 Å². The van der Waals surface area contributed by atoms with Crippen molar-refractivity contribution < 1.29 is 14.0 Å². The van der Waals surface area contributed by atoms with Crippen LogP contribution in [-0.2, 0) is 6.54 Å². The second-order valence-electron chi connectivity index (χ2n) is 4.79. The van der Waals surface area contributed by atoms with Gasteiger partial charge in [0.1, 0.15) is 5.82 Å². The van der Waals surface area contributed by atoms with Gasteiger partial charge in [-0.3, -0.25) is 14.5 Å². The highest BCUT2D eigenvalue weighted by Crippen LogP contribution is 2.25. The number of amides is 2. The van der Waals surface area contributed by atoms with Gasteiger partial charge in [-0.2, -0.15) is 0 Å². The lowest BCUT2D eigenvalue weighted by atomic mass is 10.1. The quantitative estimate of drug-likeness (QED) is 0.786. The maximum absolute atomic E-state index is 14.0. The molecule has 0 saturated heterocycles. The minimum Gasteiger partial charge on any atom is -0.270 e. The Morgan fingerprint density at radius 1 is 0.950 bits per heavy atom. The first-order valence-corrected chi connectivity index (χ1v) is 6.29. The monoisotopic (exact) mass is 269 g/mol. The van der Waals surface area contributed by atoms with Gasteiger partial charge in [-0.15, -0.1) is 0 Å². The summed E-state index contributed by atoms with van der Waals surface area (Å²) in [4.78, 5) is 25.5. The first-order chi connectivity index (χ1) is 9.59. The zero-order valence-electron chi connectivity index (χ0n) is 10.9. The molecule has 1 aliphatic rings. The topological polar surface area (TPSA) is 37.4 Å². The number of halogens is 1. The lowest BCUT2D eigenvalue weighted by Crippen LogP contribution is -2.29. The Morgan fingerprint density at radius 3 is 2.15 bits per heavy atom. The van der Waals surface area contributed by atoms with Gasteiger partial charge >= 0.3 is 0 Å². The van der Waals surface area contributed by atoms with Crippen LogP contribution < -0.4 is 0 Å². The number of hydrogen-bond donors (Lipinski definition) is 0. The third-order valence-corrected chi connectivity index (χ3v) is 3.48. The molecule has 0 radical (unpaired) electrons. The van der Waals surface area contributed by atoms with Crippen LogP contribution in [0.25, 0.3) is 0 Å². The molecule has 0 aromatic heterocycles. The van der Waals surface area contributed by atoms with E-state index < -0.39 is 0 Å². The van der Waals surface area contributed by atoms with Crippen molar-refractivity contribution in [3.05, 3.63) is 70.5 Å². The fraction of sp³-hybridized carbons (Fsp3) is 0.125. The van der Waals surface area contributed by atoms with E-state index in [0.717, 1.165) is 4.90 Å². The Kier molecular flexibility index (Phi) is 2.86. The van der Waals surface area contributed by atoms with Crippen LogP contribution in [-0.4, -0.2) is 16.7 Å².